The Balaban J connectivity index is 2.51. The van der Waals surface area contributed by atoms with Crippen molar-refractivity contribution < 1.29 is 27.5 Å². The Kier molecular flexibility index (Phi) is 3.06. The molecule has 1 atom stereocenters. The number of benzene rings is 1. The van der Waals surface area contributed by atoms with Gasteiger partial charge in [0.25, 0.3) is 0 Å². The van der Waals surface area contributed by atoms with Crippen LogP contribution in [0.5, 0.6) is 0 Å². The summed E-state index contributed by atoms with van der Waals surface area (Å²) in [4.78, 5) is 22.2. The minimum Gasteiger partial charge on any atom is -0.393 e. The molecule has 1 aliphatic rings. The summed E-state index contributed by atoms with van der Waals surface area (Å²) < 4.78 is 42.7. The van der Waals surface area contributed by atoms with E-state index in [0.717, 1.165) is 12.1 Å². The number of ether oxygens (including phenoxy) is 1. The lowest BCUT2D eigenvalue weighted by Gasteiger charge is -2.15. The molecule has 7 heteroatoms. The first-order chi connectivity index (χ1) is 8.29. The maximum Gasteiger partial charge on any atom is 0.416 e. The lowest BCUT2D eigenvalue weighted by molar-refractivity contribution is -0.152. The Morgan fingerprint density at radius 1 is 1.28 bits per heavy atom. The van der Waals surface area contributed by atoms with Crippen LogP contribution in [0.1, 0.15) is 23.5 Å². The number of alkyl halides is 3. The number of carbonyl (C=O) groups is 2. The SMILES string of the molecule is O=C1CC(c2ccc(Cl)cc2C(F)(F)F)C(=O)O1. The molecule has 96 valence electrons. The molecule has 0 saturated carbocycles. The first kappa shape index (κ1) is 12.9. The first-order valence-electron chi connectivity index (χ1n) is 4.90. The van der Waals surface area contributed by atoms with Crippen molar-refractivity contribution in [3.63, 3.8) is 0 Å². The molecular weight excluding hydrogens is 273 g/mol. The monoisotopic (exact) mass is 278 g/mol. The second-order valence-corrected chi connectivity index (χ2v) is 4.22. The van der Waals surface area contributed by atoms with Crippen molar-refractivity contribution >= 4 is 23.5 Å². The van der Waals surface area contributed by atoms with Gasteiger partial charge < -0.3 is 4.74 Å². The summed E-state index contributed by atoms with van der Waals surface area (Å²) in [5, 5.41) is -0.0937. The minimum absolute atomic E-state index is 0.0937. The largest absolute Gasteiger partial charge is 0.416 e. The van der Waals surface area contributed by atoms with Crippen molar-refractivity contribution in [3.8, 4) is 0 Å². The van der Waals surface area contributed by atoms with Gasteiger partial charge in [-0.15, -0.1) is 0 Å². The van der Waals surface area contributed by atoms with E-state index >= 15 is 0 Å². The van der Waals surface area contributed by atoms with Gasteiger partial charge in [-0.05, 0) is 17.7 Å². The average molecular weight is 279 g/mol. The zero-order chi connectivity index (χ0) is 13.5. The van der Waals surface area contributed by atoms with Gasteiger partial charge in [-0.25, -0.2) is 0 Å². The number of hydrogen-bond acceptors (Lipinski definition) is 3. The van der Waals surface area contributed by atoms with Gasteiger partial charge in [0.05, 0.1) is 17.9 Å². The quantitative estimate of drug-likeness (QED) is 0.586. The van der Waals surface area contributed by atoms with Gasteiger partial charge in [0.2, 0.25) is 0 Å². The molecule has 1 fully saturated rings. The number of hydrogen-bond donors (Lipinski definition) is 0. The van der Waals surface area contributed by atoms with E-state index in [1.165, 1.54) is 6.07 Å². The number of esters is 2. The van der Waals surface area contributed by atoms with E-state index in [0.29, 0.717) is 0 Å². The van der Waals surface area contributed by atoms with Gasteiger partial charge in [-0.2, -0.15) is 13.2 Å². The Morgan fingerprint density at radius 2 is 1.94 bits per heavy atom. The van der Waals surface area contributed by atoms with E-state index in [-0.39, 0.29) is 17.0 Å². The molecule has 0 N–H and O–H groups in total. The van der Waals surface area contributed by atoms with Crippen LogP contribution in [-0.4, -0.2) is 11.9 Å². The van der Waals surface area contributed by atoms with Crippen molar-refractivity contribution in [2.45, 2.75) is 18.5 Å². The van der Waals surface area contributed by atoms with E-state index < -0.39 is 29.6 Å². The molecule has 0 bridgehead atoms. The van der Waals surface area contributed by atoms with Crippen LogP contribution in [0.25, 0.3) is 0 Å². The van der Waals surface area contributed by atoms with Crippen LogP contribution in [0, 0.1) is 0 Å². The van der Waals surface area contributed by atoms with Crippen LogP contribution in [0.2, 0.25) is 5.02 Å². The average Bonchev–Trinajstić information content (AvgIpc) is 2.56. The lowest BCUT2D eigenvalue weighted by atomic mass is 9.92. The van der Waals surface area contributed by atoms with E-state index in [9.17, 15) is 22.8 Å². The van der Waals surface area contributed by atoms with Crippen LogP contribution >= 0.6 is 11.6 Å². The van der Waals surface area contributed by atoms with E-state index in [1.54, 1.807) is 0 Å². The van der Waals surface area contributed by atoms with Crippen LogP contribution in [0.15, 0.2) is 18.2 Å². The zero-order valence-corrected chi connectivity index (χ0v) is 9.51. The summed E-state index contributed by atoms with van der Waals surface area (Å²) in [7, 11) is 0. The summed E-state index contributed by atoms with van der Waals surface area (Å²) in [5.41, 5.74) is -1.31. The van der Waals surface area contributed by atoms with Crippen LogP contribution in [0.4, 0.5) is 13.2 Å². The Morgan fingerprint density at radius 3 is 2.44 bits per heavy atom. The van der Waals surface area contributed by atoms with Crippen molar-refractivity contribution in [2.24, 2.45) is 0 Å². The maximum atomic E-state index is 12.8. The van der Waals surface area contributed by atoms with Crippen molar-refractivity contribution in [1.29, 1.82) is 0 Å². The molecule has 0 aromatic heterocycles. The third-order valence-electron chi connectivity index (χ3n) is 2.57. The molecular formula is C11H6ClF3O3. The molecule has 1 aromatic rings. The highest BCUT2D eigenvalue weighted by Gasteiger charge is 2.41. The molecule has 1 heterocycles. The zero-order valence-electron chi connectivity index (χ0n) is 8.75. The minimum atomic E-state index is -4.65. The molecule has 1 unspecified atom stereocenters. The summed E-state index contributed by atoms with van der Waals surface area (Å²) >= 11 is 5.51. The fourth-order valence-corrected chi connectivity index (χ4v) is 1.96. The summed E-state index contributed by atoms with van der Waals surface area (Å²) in [6.45, 7) is 0. The van der Waals surface area contributed by atoms with Crippen LogP contribution in [0.3, 0.4) is 0 Å². The van der Waals surface area contributed by atoms with Gasteiger partial charge in [-0.3, -0.25) is 9.59 Å². The molecule has 0 spiro atoms. The standard InChI is InChI=1S/C11H6ClF3O3/c12-5-1-2-6(8(3-5)11(13,14)15)7-4-9(16)18-10(7)17/h1-3,7H,4H2. The molecule has 1 aromatic carbocycles. The highest BCUT2D eigenvalue weighted by Crippen LogP contribution is 2.39. The van der Waals surface area contributed by atoms with Crippen molar-refractivity contribution in [3.05, 3.63) is 34.3 Å². The third-order valence-corrected chi connectivity index (χ3v) is 2.80. The van der Waals surface area contributed by atoms with Crippen LogP contribution < -0.4 is 0 Å². The van der Waals surface area contributed by atoms with E-state index in [1.807, 2.05) is 0 Å². The fraction of sp³-hybridized carbons (Fsp3) is 0.273. The summed E-state index contributed by atoms with van der Waals surface area (Å²) in [6.07, 6.45) is -5.03. The Hall–Kier alpha value is -1.56. The lowest BCUT2D eigenvalue weighted by Crippen LogP contribution is -2.14. The van der Waals surface area contributed by atoms with Gasteiger partial charge in [-0.1, -0.05) is 17.7 Å². The second-order valence-electron chi connectivity index (χ2n) is 3.78. The Bertz CT molecular complexity index is 525. The number of carbonyl (C=O) groups excluding carboxylic acids is 2. The fourth-order valence-electron chi connectivity index (χ4n) is 1.79. The van der Waals surface area contributed by atoms with Crippen molar-refractivity contribution in [1.82, 2.24) is 0 Å². The summed E-state index contributed by atoms with van der Waals surface area (Å²) in [5.74, 6) is -3.01. The normalized spacial score (nSPS) is 20.1. The molecule has 0 radical (unpaired) electrons. The van der Waals surface area contributed by atoms with Crippen molar-refractivity contribution in [2.75, 3.05) is 0 Å². The van der Waals surface area contributed by atoms with Gasteiger partial charge in [0.15, 0.2) is 0 Å². The number of halogens is 4. The van der Waals surface area contributed by atoms with E-state index in [4.69, 9.17) is 11.6 Å². The summed E-state index contributed by atoms with van der Waals surface area (Å²) in [6, 6.07) is 3.06. The second kappa shape index (κ2) is 4.28. The van der Waals surface area contributed by atoms with Gasteiger partial charge in [0, 0.05) is 5.02 Å². The molecule has 3 nitrogen and oxygen atoms in total. The van der Waals surface area contributed by atoms with Crippen LogP contribution in [-0.2, 0) is 20.5 Å². The van der Waals surface area contributed by atoms with Gasteiger partial charge in [0.1, 0.15) is 0 Å². The molecule has 2 rings (SSSR count). The molecule has 0 aliphatic carbocycles. The maximum absolute atomic E-state index is 12.8. The topological polar surface area (TPSA) is 43.4 Å². The molecule has 0 amide bonds. The first-order valence-corrected chi connectivity index (χ1v) is 5.28. The molecule has 1 saturated heterocycles. The number of cyclic esters (lactones) is 2. The van der Waals surface area contributed by atoms with E-state index in [2.05, 4.69) is 4.74 Å². The smallest absolute Gasteiger partial charge is 0.393 e. The highest BCUT2D eigenvalue weighted by molar-refractivity contribution is 6.30. The highest BCUT2D eigenvalue weighted by atomic mass is 35.5. The number of rotatable bonds is 1. The molecule has 1 aliphatic heterocycles. The predicted molar refractivity (Wildman–Crippen MR) is 54.9 cm³/mol. The Labute approximate surface area is 104 Å². The van der Waals surface area contributed by atoms with Gasteiger partial charge >= 0.3 is 18.1 Å². The molecule has 18 heavy (non-hydrogen) atoms. The predicted octanol–water partition coefficient (Wildman–Crippen LogP) is 2.92. The third kappa shape index (κ3) is 2.33.